The van der Waals surface area contributed by atoms with Crippen LogP contribution in [0, 0.1) is 13.8 Å². The van der Waals surface area contributed by atoms with Gasteiger partial charge in [0.05, 0.1) is 26.4 Å². The van der Waals surface area contributed by atoms with E-state index < -0.39 is 11.5 Å². The van der Waals surface area contributed by atoms with E-state index in [1.165, 1.54) is 18.9 Å². The van der Waals surface area contributed by atoms with E-state index in [-0.39, 0.29) is 12.5 Å². The Balaban J connectivity index is 1.72. The first kappa shape index (κ1) is 26.9. The van der Waals surface area contributed by atoms with Crippen LogP contribution in [0.4, 0.5) is 0 Å². The van der Waals surface area contributed by atoms with Crippen molar-refractivity contribution in [1.29, 1.82) is 0 Å². The van der Waals surface area contributed by atoms with Crippen LogP contribution in [0.15, 0.2) is 35.3 Å². The number of ether oxygens (including phenoxy) is 3. The van der Waals surface area contributed by atoms with Crippen molar-refractivity contribution >= 4 is 51.3 Å². The number of carbonyl (C=O) groups is 2. The molecule has 196 valence electrons. The summed E-state index contributed by atoms with van der Waals surface area (Å²) < 4.78 is 17.6. The molecule has 1 unspecified atom stereocenters. The number of nitrogens with one attached hydrogen (secondary N) is 1. The number of amidine groups is 1. The number of halogens is 1. The molecule has 37 heavy (non-hydrogen) atoms. The summed E-state index contributed by atoms with van der Waals surface area (Å²) in [6.45, 7) is 5.97. The Hall–Kier alpha value is -3.17. The topological polar surface area (TPSA) is 91.2 Å². The Morgan fingerprint density at radius 3 is 2.51 bits per heavy atom. The van der Waals surface area contributed by atoms with Crippen LogP contribution in [-0.2, 0) is 21.6 Å². The zero-order chi connectivity index (χ0) is 26.9. The maximum atomic E-state index is 13.5. The van der Waals surface area contributed by atoms with Gasteiger partial charge in [-0.3, -0.25) is 14.9 Å². The molecule has 1 aliphatic rings. The minimum absolute atomic E-state index is 0.0778. The Morgan fingerprint density at radius 1 is 1.14 bits per heavy atom. The van der Waals surface area contributed by atoms with Crippen LogP contribution < -0.4 is 14.8 Å². The summed E-state index contributed by atoms with van der Waals surface area (Å²) >= 11 is 7.77. The molecule has 4 rings (SSSR count). The lowest BCUT2D eigenvalue weighted by molar-refractivity contribution is -0.141. The number of hydrogen-bond acceptors (Lipinski definition) is 7. The molecule has 8 nitrogen and oxygen atoms in total. The van der Waals surface area contributed by atoms with Gasteiger partial charge in [-0.1, -0.05) is 36.4 Å². The molecule has 1 aromatic heterocycles. The van der Waals surface area contributed by atoms with Crippen molar-refractivity contribution in [2.75, 3.05) is 27.1 Å². The number of aliphatic imine (C=N–C) groups is 1. The average Bonchev–Trinajstić information content (AvgIpc) is 3.48. The normalized spacial score (nSPS) is 17.0. The quantitative estimate of drug-likeness (QED) is 0.410. The maximum absolute atomic E-state index is 13.5. The van der Waals surface area contributed by atoms with Gasteiger partial charge in [0.25, 0.3) is 5.91 Å². The second-order valence-corrected chi connectivity index (χ2v) is 10.2. The summed E-state index contributed by atoms with van der Waals surface area (Å²) in [5.41, 5.74) is 3.50. The fraction of sp³-hybridized carbons (Fsp3) is 0.370. The predicted molar refractivity (Wildman–Crippen MR) is 147 cm³/mol. The minimum Gasteiger partial charge on any atom is -0.496 e. The second kappa shape index (κ2) is 10.7. The van der Waals surface area contributed by atoms with Crippen molar-refractivity contribution in [3.63, 3.8) is 0 Å². The summed E-state index contributed by atoms with van der Waals surface area (Å²) in [4.78, 5) is 30.6. The Bertz CT molecular complexity index is 1420. The molecule has 10 heteroatoms. The molecule has 1 atom stereocenters. The Morgan fingerprint density at radius 2 is 1.86 bits per heavy atom. The Kier molecular flexibility index (Phi) is 7.75. The molecule has 0 aliphatic carbocycles. The number of fused-ring (bicyclic) bond motifs is 1. The standard InChI is InChI=1S/C27H30ClN3O5S/c1-7-27(18-11-23(35-5)19(28)12-22(18)34-4)14-37-26(30-27)29-25(33)21-10-17-16(3)15(2)8-9-20(17)31(21)13-24(32)36-6/h8-12H,7,13-14H2,1-6H3,(H,29,30,33). The lowest BCUT2D eigenvalue weighted by Crippen LogP contribution is -2.30. The molecular weight excluding hydrogens is 514 g/mol. The van der Waals surface area contributed by atoms with Crippen LogP contribution in [0.25, 0.3) is 10.9 Å². The monoisotopic (exact) mass is 543 g/mol. The van der Waals surface area contributed by atoms with Crippen molar-refractivity contribution in [3.05, 3.63) is 57.7 Å². The van der Waals surface area contributed by atoms with Gasteiger partial charge in [-0.15, -0.1) is 0 Å². The number of benzene rings is 2. The zero-order valence-corrected chi connectivity index (χ0v) is 23.3. The van der Waals surface area contributed by atoms with Crippen molar-refractivity contribution in [2.45, 2.75) is 39.3 Å². The van der Waals surface area contributed by atoms with E-state index in [9.17, 15) is 9.59 Å². The SMILES string of the molecule is CCC1(c2cc(OC)c(Cl)cc2OC)CSC(NC(=O)c2cc3c(C)c(C)ccc3n2CC(=O)OC)=N1. The van der Waals surface area contributed by atoms with Crippen LogP contribution >= 0.6 is 23.4 Å². The number of hydrogen-bond donors (Lipinski definition) is 1. The lowest BCUT2D eigenvalue weighted by atomic mass is 9.89. The molecular formula is C27H30ClN3O5S. The van der Waals surface area contributed by atoms with Gasteiger partial charge in [0.15, 0.2) is 5.17 Å². The van der Waals surface area contributed by atoms with Gasteiger partial charge in [0.1, 0.15) is 29.3 Å². The van der Waals surface area contributed by atoms with Gasteiger partial charge in [-0.25, -0.2) is 4.99 Å². The van der Waals surface area contributed by atoms with E-state index in [0.717, 1.165) is 27.6 Å². The largest absolute Gasteiger partial charge is 0.496 e. The van der Waals surface area contributed by atoms with Crippen molar-refractivity contribution in [3.8, 4) is 11.5 Å². The first-order valence-electron chi connectivity index (χ1n) is 11.8. The van der Waals surface area contributed by atoms with E-state index >= 15 is 0 Å². The highest BCUT2D eigenvalue weighted by molar-refractivity contribution is 8.14. The van der Waals surface area contributed by atoms with Gasteiger partial charge < -0.3 is 18.8 Å². The number of aryl methyl sites for hydroxylation is 2. The highest BCUT2D eigenvalue weighted by atomic mass is 35.5. The highest BCUT2D eigenvalue weighted by Crippen LogP contribution is 2.46. The third kappa shape index (κ3) is 4.90. The summed E-state index contributed by atoms with van der Waals surface area (Å²) in [6, 6.07) is 9.28. The molecule has 1 aliphatic heterocycles. The first-order chi connectivity index (χ1) is 17.7. The Labute approximate surface area is 225 Å². The van der Waals surface area contributed by atoms with Crippen LogP contribution in [0.1, 0.15) is 40.5 Å². The van der Waals surface area contributed by atoms with Crippen molar-refractivity contribution in [1.82, 2.24) is 9.88 Å². The highest BCUT2D eigenvalue weighted by Gasteiger charge is 2.39. The predicted octanol–water partition coefficient (Wildman–Crippen LogP) is 5.24. The lowest BCUT2D eigenvalue weighted by Gasteiger charge is -2.26. The molecule has 1 N–H and O–H groups in total. The molecule has 3 aromatic rings. The molecule has 0 saturated heterocycles. The number of thioether (sulfide) groups is 1. The number of nitrogens with zero attached hydrogens (tertiary/aromatic N) is 2. The van der Waals surface area contributed by atoms with Crippen LogP contribution in [0.2, 0.25) is 5.02 Å². The minimum atomic E-state index is -0.636. The van der Waals surface area contributed by atoms with Gasteiger partial charge in [-0.2, -0.15) is 0 Å². The van der Waals surface area contributed by atoms with Crippen LogP contribution in [0.5, 0.6) is 11.5 Å². The number of rotatable bonds is 7. The van der Waals surface area contributed by atoms with E-state index in [1.54, 1.807) is 24.9 Å². The molecule has 0 radical (unpaired) electrons. The third-order valence-electron chi connectivity index (χ3n) is 6.92. The second-order valence-electron chi connectivity index (χ2n) is 8.86. The fourth-order valence-corrected chi connectivity index (χ4v) is 5.98. The summed E-state index contributed by atoms with van der Waals surface area (Å²) in [6.07, 6.45) is 0.668. The number of esters is 1. The van der Waals surface area contributed by atoms with Gasteiger partial charge in [0, 0.05) is 28.3 Å². The molecule has 2 aromatic carbocycles. The molecule has 0 saturated carbocycles. The van der Waals surface area contributed by atoms with Gasteiger partial charge in [-0.05, 0) is 49.6 Å². The third-order valence-corrected chi connectivity index (χ3v) is 8.30. The van der Waals surface area contributed by atoms with Gasteiger partial charge >= 0.3 is 5.97 Å². The van der Waals surface area contributed by atoms with Gasteiger partial charge in [0.2, 0.25) is 0 Å². The first-order valence-corrected chi connectivity index (χ1v) is 13.2. The van der Waals surface area contributed by atoms with Crippen LogP contribution in [0.3, 0.4) is 0 Å². The summed E-state index contributed by atoms with van der Waals surface area (Å²) in [5, 5.41) is 4.81. The molecule has 0 fully saturated rings. The van der Waals surface area contributed by atoms with Crippen molar-refractivity contribution < 1.29 is 23.8 Å². The number of aromatic nitrogens is 1. The molecule has 0 spiro atoms. The number of methoxy groups -OCH3 is 3. The molecule has 0 bridgehead atoms. The average molecular weight is 544 g/mol. The van der Waals surface area contributed by atoms with E-state index in [0.29, 0.717) is 39.6 Å². The van der Waals surface area contributed by atoms with Crippen molar-refractivity contribution in [2.24, 2.45) is 4.99 Å². The smallest absolute Gasteiger partial charge is 0.325 e. The van der Waals surface area contributed by atoms with E-state index in [4.69, 9.17) is 30.8 Å². The maximum Gasteiger partial charge on any atom is 0.325 e. The molecule has 1 amide bonds. The zero-order valence-electron chi connectivity index (χ0n) is 21.7. The van der Waals surface area contributed by atoms with E-state index in [1.807, 2.05) is 45.0 Å². The fourth-order valence-electron chi connectivity index (χ4n) is 4.54. The number of amides is 1. The number of carbonyl (C=O) groups excluding carboxylic acids is 2. The molecule has 2 heterocycles. The summed E-state index contributed by atoms with van der Waals surface area (Å²) in [7, 11) is 4.48. The van der Waals surface area contributed by atoms with E-state index in [2.05, 4.69) is 5.32 Å². The van der Waals surface area contributed by atoms with Crippen LogP contribution in [-0.4, -0.2) is 48.7 Å². The summed E-state index contributed by atoms with van der Waals surface area (Å²) in [5.74, 6) is 0.945.